The Balaban J connectivity index is 2.46. The smallest absolute Gasteiger partial charge is 0.165 e. The Labute approximate surface area is 88.9 Å². The highest BCUT2D eigenvalue weighted by Crippen LogP contribution is 2.38. The molecule has 4 heteroatoms. The molecule has 1 aliphatic heterocycles. The van der Waals surface area contributed by atoms with Crippen LogP contribution >= 0.6 is 0 Å². The van der Waals surface area contributed by atoms with E-state index in [0.29, 0.717) is 13.2 Å². The minimum Gasteiger partial charge on any atom is -0.496 e. The predicted octanol–water partition coefficient (Wildman–Crippen LogP) is 1.49. The van der Waals surface area contributed by atoms with Crippen molar-refractivity contribution in [3.8, 4) is 17.2 Å². The van der Waals surface area contributed by atoms with E-state index in [9.17, 15) is 0 Å². The van der Waals surface area contributed by atoms with E-state index in [1.54, 1.807) is 7.11 Å². The van der Waals surface area contributed by atoms with Gasteiger partial charge in [0.05, 0.1) is 7.11 Å². The molecular formula is C11H15NO3. The third-order valence-electron chi connectivity index (χ3n) is 2.39. The summed E-state index contributed by atoms with van der Waals surface area (Å²) in [7, 11) is 1.62. The van der Waals surface area contributed by atoms with Crippen molar-refractivity contribution < 1.29 is 14.2 Å². The van der Waals surface area contributed by atoms with Gasteiger partial charge >= 0.3 is 0 Å². The molecule has 0 bridgehead atoms. The van der Waals surface area contributed by atoms with Gasteiger partial charge in [-0.05, 0) is 13.0 Å². The van der Waals surface area contributed by atoms with Crippen LogP contribution in [0.15, 0.2) is 12.1 Å². The highest BCUT2D eigenvalue weighted by Gasteiger charge is 2.17. The van der Waals surface area contributed by atoms with E-state index < -0.39 is 0 Å². The molecule has 1 aliphatic rings. The Bertz CT molecular complexity index is 363. The highest BCUT2D eigenvalue weighted by molar-refractivity contribution is 5.52. The van der Waals surface area contributed by atoms with Gasteiger partial charge in [-0.3, -0.25) is 0 Å². The van der Waals surface area contributed by atoms with Crippen LogP contribution in [0.2, 0.25) is 0 Å². The van der Waals surface area contributed by atoms with Crippen molar-refractivity contribution >= 4 is 0 Å². The molecule has 1 unspecified atom stereocenters. The second kappa shape index (κ2) is 3.98. The number of nitrogens with two attached hydrogens (primary N) is 1. The van der Waals surface area contributed by atoms with Gasteiger partial charge in [0.15, 0.2) is 11.5 Å². The van der Waals surface area contributed by atoms with Crippen molar-refractivity contribution in [2.24, 2.45) is 5.73 Å². The normalized spacial score (nSPS) is 15.9. The van der Waals surface area contributed by atoms with Gasteiger partial charge in [0.2, 0.25) is 0 Å². The molecule has 15 heavy (non-hydrogen) atoms. The van der Waals surface area contributed by atoms with E-state index in [1.165, 1.54) is 0 Å². The van der Waals surface area contributed by atoms with Crippen molar-refractivity contribution in [1.29, 1.82) is 0 Å². The zero-order valence-electron chi connectivity index (χ0n) is 8.95. The molecule has 1 aromatic carbocycles. The van der Waals surface area contributed by atoms with Crippen LogP contribution in [-0.2, 0) is 0 Å². The average molecular weight is 209 g/mol. The summed E-state index contributed by atoms with van der Waals surface area (Å²) in [6, 6.07) is 3.63. The molecule has 0 fully saturated rings. The molecule has 1 heterocycles. The summed E-state index contributed by atoms with van der Waals surface area (Å²) >= 11 is 0. The molecule has 0 aliphatic carbocycles. The molecule has 2 N–H and O–H groups in total. The van der Waals surface area contributed by atoms with Crippen LogP contribution in [0.3, 0.4) is 0 Å². The minimum absolute atomic E-state index is 0.0872. The van der Waals surface area contributed by atoms with Crippen molar-refractivity contribution in [3.05, 3.63) is 17.7 Å². The first-order chi connectivity index (χ1) is 7.22. The van der Waals surface area contributed by atoms with Crippen LogP contribution in [0.5, 0.6) is 17.2 Å². The molecule has 0 radical (unpaired) electrons. The van der Waals surface area contributed by atoms with E-state index in [-0.39, 0.29) is 6.04 Å². The van der Waals surface area contributed by atoms with Crippen LogP contribution in [0.25, 0.3) is 0 Å². The van der Waals surface area contributed by atoms with Crippen molar-refractivity contribution in [3.63, 3.8) is 0 Å². The van der Waals surface area contributed by atoms with Gasteiger partial charge in [0.1, 0.15) is 19.0 Å². The van der Waals surface area contributed by atoms with Gasteiger partial charge in [0.25, 0.3) is 0 Å². The highest BCUT2D eigenvalue weighted by atomic mass is 16.6. The Morgan fingerprint density at radius 3 is 2.40 bits per heavy atom. The van der Waals surface area contributed by atoms with E-state index in [1.807, 2.05) is 19.1 Å². The van der Waals surface area contributed by atoms with E-state index >= 15 is 0 Å². The molecule has 1 atom stereocenters. The van der Waals surface area contributed by atoms with Gasteiger partial charge in [0, 0.05) is 17.7 Å². The monoisotopic (exact) mass is 209 g/mol. The fourth-order valence-electron chi connectivity index (χ4n) is 1.62. The Kier molecular flexibility index (Phi) is 2.68. The van der Waals surface area contributed by atoms with Gasteiger partial charge in [-0.2, -0.15) is 0 Å². The quantitative estimate of drug-likeness (QED) is 0.801. The Hall–Kier alpha value is -1.42. The van der Waals surface area contributed by atoms with Crippen LogP contribution in [0.1, 0.15) is 18.5 Å². The molecule has 0 amide bonds. The summed E-state index contributed by atoms with van der Waals surface area (Å²) in [4.78, 5) is 0. The maximum absolute atomic E-state index is 5.85. The predicted molar refractivity (Wildman–Crippen MR) is 56.6 cm³/mol. The molecule has 0 saturated carbocycles. The number of rotatable bonds is 2. The number of ether oxygens (including phenoxy) is 3. The molecule has 82 valence electrons. The van der Waals surface area contributed by atoms with Crippen LogP contribution in [0, 0.1) is 0 Å². The fraction of sp³-hybridized carbons (Fsp3) is 0.455. The molecular weight excluding hydrogens is 194 g/mol. The second-order valence-corrected chi connectivity index (χ2v) is 3.53. The number of methoxy groups -OCH3 is 1. The van der Waals surface area contributed by atoms with Gasteiger partial charge in [-0.25, -0.2) is 0 Å². The number of benzene rings is 1. The van der Waals surface area contributed by atoms with Crippen LogP contribution in [-0.4, -0.2) is 20.3 Å². The number of fused-ring (bicyclic) bond motifs is 1. The van der Waals surface area contributed by atoms with Crippen molar-refractivity contribution in [2.45, 2.75) is 13.0 Å². The zero-order valence-corrected chi connectivity index (χ0v) is 8.95. The molecule has 4 nitrogen and oxygen atoms in total. The summed E-state index contributed by atoms with van der Waals surface area (Å²) in [6.45, 7) is 3.07. The summed E-state index contributed by atoms with van der Waals surface area (Å²) in [5, 5.41) is 0. The topological polar surface area (TPSA) is 53.7 Å². The first-order valence-corrected chi connectivity index (χ1v) is 4.95. The van der Waals surface area contributed by atoms with Gasteiger partial charge in [-0.1, -0.05) is 0 Å². The third kappa shape index (κ3) is 1.85. The van der Waals surface area contributed by atoms with Crippen molar-refractivity contribution in [2.75, 3.05) is 20.3 Å². The maximum atomic E-state index is 5.85. The van der Waals surface area contributed by atoms with Crippen molar-refractivity contribution in [1.82, 2.24) is 0 Å². The fourth-order valence-corrected chi connectivity index (χ4v) is 1.62. The number of hydrogen-bond acceptors (Lipinski definition) is 4. The Morgan fingerprint density at radius 1 is 1.27 bits per heavy atom. The Morgan fingerprint density at radius 2 is 1.87 bits per heavy atom. The number of hydrogen-bond donors (Lipinski definition) is 1. The molecule has 0 aromatic heterocycles. The third-order valence-corrected chi connectivity index (χ3v) is 2.39. The lowest BCUT2D eigenvalue weighted by molar-refractivity contribution is 0.170. The summed E-state index contributed by atoms with van der Waals surface area (Å²) < 4.78 is 16.2. The average Bonchev–Trinajstić information content (AvgIpc) is 2.27. The zero-order chi connectivity index (χ0) is 10.8. The summed E-state index contributed by atoms with van der Waals surface area (Å²) in [5.74, 6) is 2.21. The largest absolute Gasteiger partial charge is 0.496 e. The van der Waals surface area contributed by atoms with E-state index in [0.717, 1.165) is 22.8 Å². The summed E-state index contributed by atoms with van der Waals surface area (Å²) in [6.07, 6.45) is 0. The van der Waals surface area contributed by atoms with E-state index in [2.05, 4.69) is 0 Å². The molecule has 2 rings (SSSR count). The molecule has 0 spiro atoms. The molecule has 0 saturated heterocycles. The van der Waals surface area contributed by atoms with Gasteiger partial charge in [-0.15, -0.1) is 0 Å². The first-order valence-electron chi connectivity index (χ1n) is 4.95. The van der Waals surface area contributed by atoms with E-state index in [4.69, 9.17) is 19.9 Å². The SMILES string of the molecule is COc1cc2c(cc1C(C)N)OCCO2. The van der Waals surface area contributed by atoms with Crippen LogP contribution < -0.4 is 19.9 Å². The lowest BCUT2D eigenvalue weighted by Gasteiger charge is -2.21. The summed E-state index contributed by atoms with van der Waals surface area (Å²) in [5.41, 5.74) is 6.78. The van der Waals surface area contributed by atoms with Crippen LogP contribution in [0.4, 0.5) is 0 Å². The molecule has 1 aromatic rings. The second-order valence-electron chi connectivity index (χ2n) is 3.53. The lowest BCUT2D eigenvalue weighted by atomic mass is 10.1. The lowest BCUT2D eigenvalue weighted by Crippen LogP contribution is -2.16. The first kappa shape index (κ1) is 10.1. The standard InChI is InChI=1S/C11H15NO3/c1-7(12)8-5-10-11(6-9(8)13-2)15-4-3-14-10/h5-7H,3-4,12H2,1-2H3. The maximum Gasteiger partial charge on any atom is 0.165 e. The van der Waals surface area contributed by atoms with Gasteiger partial charge < -0.3 is 19.9 Å². The minimum atomic E-state index is -0.0872.